The van der Waals surface area contributed by atoms with Crippen LogP contribution in [0.25, 0.3) is 11.3 Å². The Balaban J connectivity index is 1.83. The van der Waals surface area contributed by atoms with Crippen molar-refractivity contribution in [3.8, 4) is 11.3 Å². The first kappa shape index (κ1) is 16.1. The summed E-state index contributed by atoms with van der Waals surface area (Å²) in [5.41, 5.74) is 5.24. The summed E-state index contributed by atoms with van der Waals surface area (Å²) in [6, 6.07) is 6.87. The molecule has 3 aromatic rings. The van der Waals surface area contributed by atoms with E-state index in [4.69, 9.17) is 0 Å². The quantitative estimate of drug-likeness (QED) is 0.767. The maximum atomic E-state index is 12.1. The van der Waals surface area contributed by atoms with Crippen molar-refractivity contribution in [1.82, 2.24) is 15.2 Å². The van der Waals surface area contributed by atoms with Crippen LogP contribution in [0.1, 0.15) is 27.2 Å². The fourth-order valence-corrected chi connectivity index (χ4v) is 3.03. The Morgan fingerprint density at radius 2 is 1.88 bits per heavy atom. The van der Waals surface area contributed by atoms with E-state index in [-0.39, 0.29) is 11.3 Å². The molecule has 2 heterocycles. The van der Waals surface area contributed by atoms with Gasteiger partial charge in [0.05, 0.1) is 5.69 Å². The number of anilines is 1. The highest BCUT2D eigenvalue weighted by molar-refractivity contribution is 7.14. The minimum Gasteiger partial charge on any atom is -0.296 e. The van der Waals surface area contributed by atoms with E-state index < -0.39 is 5.91 Å². The van der Waals surface area contributed by atoms with Crippen LogP contribution in [0.3, 0.4) is 0 Å². The topological polar surface area (TPSA) is 87.7 Å². The predicted molar refractivity (Wildman–Crippen MR) is 94.6 cm³/mol. The largest absolute Gasteiger partial charge is 0.296 e. The number of thiazole rings is 1. The molecule has 0 atom stereocenters. The number of benzene rings is 1. The Bertz CT molecular complexity index is 954. The molecule has 0 aliphatic heterocycles. The Labute approximate surface area is 142 Å². The Morgan fingerprint density at radius 3 is 2.58 bits per heavy atom. The normalized spacial score (nSPS) is 10.6. The van der Waals surface area contributed by atoms with Crippen molar-refractivity contribution in [2.24, 2.45) is 0 Å². The summed E-state index contributed by atoms with van der Waals surface area (Å²) < 4.78 is 0. The van der Waals surface area contributed by atoms with E-state index in [0.717, 1.165) is 16.8 Å². The standard InChI is InChI=1S/C17H16N4O2S/c1-9-6-11(3)12(7-10(9)2)14-8-24-17(18-14)19-16(23)13-4-5-15(22)21-20-13/h4-8H,1-3H3,(H,21,22)(H,18,19,23). The number of hydrogen-bond donors (Lipinski definition) is 2. The number of aromatic nitrogens is 3. The lowest BCUT2D eigenvalue weighted by molar-refractivity contribution is 0.102. The Morgan fingerprint density at radius 1 is 1.12 bits per heavy atom. The van der Waals surface area contributed by atoms with Gasteiger partial charge in [0, 0.05) is 17.0 Å². The molecule has 0 aliphatic rings. The van der Waals surface area contributed by atoms with Gasteiger partial charge in [0.25, 0.3) is 11.5 Å². The highest BCUT2D eigenvalue weighted by Crippen LogP contribution is 2.29. The molecule has 2 N–H and O–H groups in total. The maximum absolute atomic E-state index is 12.1. The van der Waals surface area contributed by atoms with Crippen molar-refractivity contribution < 1.29 is 4.79 Å². The van der Waals surface area contributed by atoms with Crippen LogP contribution in [0.15, 0.2) is 34.4 Å². The Kier molecular flexibility index (Phi) is 4.26. The van der Waals surface area contributed by atoms with Gasteiger partial charge in [-0.25, -0.2) is 10.1 Å². The van der Waals surface area contributed by atoms with Crippen molar-refractivity contribution in [3.63, 3.8) is 0 Å². The molecule has 1 amide bonds. The lowest BCUT2D eigenvalue weighted by Gasteiger charge is -2.07. The maximum Gasteiger partial charge on any atom is 0.277 e. The number of aromatic amines is 1. The lowest BCUT2D eigenvalue weighted by atomic mass is 9.99. The van der Waals surface area contributed by atoms with Crippen molar-refractivity contribution in [2.75, 3.05) is 5.32 Å². The van der Waals surface area contributed by atoms with Gasteiger partial charge in [0.1, 0.15) is 5.69 Å². The zero-order valence-electron chi connectivity index (χ0n) is 13.5. The second-order valence-corrected chi connectivity index (χ2v) is 6.41. The van der Waals surface area contributed by atoms with Crippen LogP contribution in [0, 0.1) is 20.8 Å². The average molecular weight is 340 g/mol. The first-order valence-corrected chi connectivity index (χ1v) is 8.23. The third-order valence-corrected chi connectivity index (χ3v) is 4.51. The van der Waals surface area contributed by atoms with Crippen LogP contribution in [-0.2, 0) is 0 Å². The van der Waals surface area contributed by atoms with Crippen molar-refractivity contribution >= 4 is 22.4 Å². The zero-order valence-corrected chi connectivity index (χ0v) is 14.3. The number of amides is 1. The molecule has 0 fully saturated rings. The van der Waals surface area contributed by atoms with Gasteiger partial charge in [-0.05, 0) is 49.6 Å². The smallest absolute Gasteiger partial charge is 0.277 e. The molecule has 0 saturated heterocycles. The van der Waals surface area contributed by atoms with Crippen LogP contribution in [0.4, 0.5) is 5.13 Å². The molecule has 24 heavy (non-hydrogen) atoms. The summed E-state index contributed by atoms with van der Waals surface area (Å²) in [6.45, 7) is 6.19. The summed E-state index contributed by atoms with van der Waals surface area (Å²) in [7, 11) is 0. The van der Waals surface area contributed by atoms with Crippen LogP contribution in [0.5, 0.6) is 0 Å². The minimum absolute atomic E-state index is 0.133. The van der Waals surface area contributed by atoms with Gasteiger partial charge >= 0.3 is 0 Å². The molecule has 0 bridgehead atoms. The third kappa shape index (κ3) is 3.26. The third-order valence-electron chi connectivity index (χ3n) is 3.75. The summed E-state index contributed by atoms with van der Waals surface area (Å²) in [4.78, 5) is 27.6. The number of aryl methyl sites for hydroxylation is 3. The fraction of sp³-hybridized carbons (Fsp3) is 0.176. The second-order valence-electron chi connectivity index (χ2n) is 5.55. The van der Waals surface area contributed by atoms with Crippen LogP contribution >= 0.6 is 11.3 Å². The second kappa shape index (κ2) is 6.37. The van der Waals surface area contributed by atoms with Crippen molar-refractivity contribution in [1.29, 1.82) is 0 Å². The molecule has 3 rings (SSSR count). The van der Waals surface area contributed by atoms with Crippen LogP contribution in [0.2, 0.25) is 0 Å². The monoisotopic (exact) mass is 340 g/mol. The van der Waals surface area contributed by atoms with Gasteiger partial charge in [0.15, 0.2) is 5.13 Å². The molecule has 0 saturated carbocycles. The summed E-state index contributed by atoms with van der Waals surface area (Å²) in [6.07, 6.45) is 0. The first-order chi connectivity index (χ1) is 11.4. The number of rotatable bonds is 3. The van der Waals surface area contributed by atoms with Crippen molar-refractivity contribution in [3.05, 3.63) is 62.4 Å². The molecule has 7 heteroatoms. The highest BCUT2D eigenvalue weighted by atomic mass is 32.1. The minimum atomic E-state index is -0.413. The first-order valence-electron chi connectivity index (χ1n) is 7.35. The number of carbonyl (C=O) groups excluding carboxylic acids is 1. The average Bonchev–Trinajstić information content (AvgIpc) is 2.99. The predicted octanol–water partition coefficient (Wildman–Crippen LogP) is 3.07. The van der Waals surface area contributed by atoms with Gasteiger partial charge in [-0.1, -0.05) is 6.07 Å². The van der Waals surface area contributed by atoms with Gasteiger partial charge in [0.2, 0.25) is 0 Å². The Hall–Kier alpha value is -2.80. The molecule has 122 valence electrons. The van der Waals surface area contributed by atoms with Gasteiger partial charge in [-0.3, -0.25) is 14.9 Å². The molecule has 0 radical (unpaired) electrons. The summed E-state index contributed by atoms with van der Waals surface area (Å²) >= 11 is 1.35. The molecular formula is C17H16N4O2S. The number of carbonyl (C=O) groups is 1. The molecule has 0 unspecified atom stereocenters. The van der Waals surface area contributed by atoms with Gasteiger partial charge in [-0.15, -0.1) is 11.3 Å². The lowest BCUT2D eigenvalue weighted by Crippen LogP contribution is -2.17. The zero-order chi connectivity index (χ0) is 17.3. The van der Waals surface area contributed by atoms with E-state index in [1.807, 2.05) is 12.3 Å². The number of nitrogens with one attached hydrogen (secondary N) is 2. The van der Waals surface area contributed by atoms with Crippen molar-refractivity contribution in [2.45, 2.75) is 20.8 Å². The van der Waals surface area contributed by atoms with Gasteiger partial charge in [-0.2, -0.15) is 5.10 Å². The summed E-state index contributed by atoms with van der Waals surface area (Å²) in [5.74, 6) is -0.413. The number of nitrogens with zero attached hydrogens (tertiary/aromatic N) is 2. The molecule has 0 aliphatic carbocycles. The van der Waals surface area contributed by atoms with E-state index in [1.54, 1.807) is 0 Å². The SMILES string of the molecule is Cc1cc(C)c(-c2csc(NC(=O)c3ccc(=O)[nH]n3)n2)cc1C. The molecule has 6 nitrogen and oxygen atoms in total. The molecular weight excluding hydrogens is 324 g/mol. The highest BCUT2D eigenvalue weighted by Gasteiger charge is 2.13. The van der Waals surface area contributed by atoms with E-state index in [2.05, 4.69) is 46.5 Å². The van der Waals surface area contributed by atoms with E-state index in [1.165, 1.54) is 34.6 Å². The van der Waals surface area contributed by atoms with Gasteiger partial charge < -0.3 is 0 Å². The van der Waals surface area contributed by atoms with E-state index in [9.17, 15) is 9.59 Å². The van der Waals surface area contributed by atoms with Crippen LogP contribution < -0.4 is 10.9 Å². The number of hydrogen-bond acceptors (Lipinski definition) is 5. The summed E-state index contributed by atoms with van der Waals surface area (Å²) in [5, 5.41) is 11.0. The molecule has 1 aromatic carbocycles. The fourth-order valence-electron chi connectivity index (χ4n) is 2.32. The molecule has 2 aromatic heterocycles. The molecule has 0 spiro atoms. The van der Waals surface area contributed by atoms with E-state index in [0.29, 0.717) is 5.13 Å². The van der Waals surface area contributed by atoms with E-state index >= 15 is 0 Å². The number of H-pyrrole nitrogens is 1. The van der Waals surface area contributed by atoms with Crippen LogP contribution in [-0.4, -0.2) is 21.1 Å².